The van der Waals surface area contributed by atoms with Crippen molar-refractivity contribution in [1.29, 1.82) is 0 Å². The number of hydrogen-bond donors (Lipinski definition) is 1. The number of carbonyl (C=O) groups is 1. The minimum absolute atomic E-state index is 0.375. The van der Waals surface area contributed by atoms with E-state index < -0.39 is 11.9 Å². The average molecular weight is 341 g/mol. The Bertz CT molecular complexity index is 604. The first-order valence-electron chi connectivity index (χ1n) is 5.65. The topological polar surface area (TPSA) is 50.2 Å². The molecule has 0 bridgehead atoms. The molecule has 1 atom stereocenters. The molecule has 1 unspecified atom stereocenters. The van der Waals surface area contributed by atoms with Crippen LogP contribution in [0.15, 0.2) is 47.2 Å². The van der Waals surface area contributed by atoms with Gasteiger partial charge in [-0.2, -0.15) is 0 Å². The summed E-state index contributed by atoms with van der Waals surface area (Å²) in [6.07, 6.45) is 3.39. The fraction of sp³-hybridized carbons (Fsp3) is 0.143. The highest BCUT2D eigenvalue weighted by atomic mass is 79.9. The van der Waals surface area contributed by atoms with Gasteiger partial charge in [-0.05, 0) is 29.7 Å². The van der Waals surface area contributed by atoms with Gasteiger partial charge in [-0.1, -0.05) is 45.7 Å². The minimum Gasteiger partial charge on any atom is -0.481 e. The van der Waals surface area contributed by atoms with E-state index in [1.807, 2.05) is 24.3 Å². The Kier molecular flexibility index (Phi) is 4.56. The standard InChI is InChI=1S/C14H11BrClNO2/c15-12-4-2-1-3-9(12)7-11(14(18)19)10-5-6-17-8-13(10)16/h1-6,8,11H,7H2,(H,18,19). The summed E-state index contributed by atoms with van der Waals surface area (Å²) in [4.78, 5) is 15.4. The quantitative estimate of drug-likeness (QED) is 0.918. The van der Waals surface area contributed by atoms with Crippen molar-refractivity contribution in [3.05, 3.63) is 63.3 Å². The van der Waals surface area contributed by atoms with Gasteiger partial charge in [-0.15, -0.1) is 0 Å². The summed E-state index contributed by atoms with van der Waals surface area (Å²) in [6.45, 7) is 0. The van der Waals surface area contributed by atoms with Crippen LogP contribution in [0.2, 0.25) is 5.02 Å². The molecule has 0 fully saturated rings. The molecule has 0 aliphatic carbocycles. The molecule has 0 radical (unpaired) electrons. The van der Waals surface area contributed by atoms with Crippen molar-refractivity contribution in [1.82, 2.24) is 4.98 Å². The Labute approximate surface area is 124 Å². The lowest BCUT2D eigenvalue weighted by Gasteiger charge is -2.15. The SMILES string of the molecule is O=C(O)C(Cc1ccccc1Br)c1ccncc1Cl. The van der Waals surface area contributed by atoms with Crippen LogP contribution in [0.4, 0.5) is 0 Å². The molecule has 1 N–H and O–H groups in total. The van der Waals surface area contributed by atoms with Crippen LogP contribution in [-0.4, -0.2) is 16.1 Å². The Morgan fingerprint density at radius 3 is 2.74 bits per heavy atom. The first kappa shape index (κ1) is 14.0. The number of nitrogens with zero attached hydrogens (tertiary/aromatic N) is 1. The highest BCUT2D eigenvalue weighted by Gasteiger charge is 2.23. The van der Waals surface area contributed by atoms with Crippen LogP contribution < -0.4 is 0 Å². The predicted octanol–water partition coefficient (Wildman–Crippen LogP) is 3.91. The largest absolute Gasteiger partial charge is 0.481 e. The van der Waals surface area contributed by atoms with Crippen molar-refractivity contribution in [3.63, 3.8) is 0 Å². The molecule has 3 nitrogen and oxygen atoms in total. The van der Waals surface area contributed by atoms with Crippen LogP contribution in [0.3, 0.4) is 0 Å². The van der Waals surface area contributed by atoms with Crippen molar-refractivity contribution < 1.29 is 9.90 Å². The van der Waals surface area contributed by atoms with Crippen LogP contribution in [0.1, 0.15) is 17.0 Å². The van der Waals surface area contributed by atoms with Crippen LogP contribution in [0.25, 0.3) is 0 Å². The fourth-order valence-electron chi connectivity index (χ4n) is 1.88. The zero-order valence-electron chi connectivity index (χ0n) is 9.88. The number of carboxylic acid groups (broad SMARTS) is 1. The van der Waals surface area contributed by atoms with E-state index in [0.29, 0.717) is 17.0 Å². The molecule has 2 aromatic rings. The smallest absolute Gasteiger partial charge is 0.311 e. The Balaban J connectivity index is 2.35. The summed E-state index contributed by atoms with van der Waals surface area (Å²) in [5, 5.41) is 9.79. The molecule has 19 heavy (non-hydrogen) atoms. The highest BCUT2D eigenvalue weighted by molar-refractivity contribution is 9.10. The number of carboxylic acids is 1. The van der Waals surface area contributed by atoms with Crippen molar-refractivity contribution in [2.75, 3.05) is 0 Å². The van der Waals surface area contributed by atoms with E-state index in [2.05, 4.69) is 20.9 Å². The van der Waals surface area contributed by atoms with E-state index >= 15 is 0 Å². The van der Waals surface area contributed by atoms with E-state index in [9.17, 15) is 9.90 Å². The molecule has 98 valence electrons. The van der Waals surface area contributed by atoms with Gasteiger partial charge in [0.1, 0.15) is 0 Å². The second-order valence-corrected chi connectivity index (χ2v) is 5.35. The van der Waals surface area contributed by atoms with Gasteiger partial charge >= 0.3 is 5.97 Å². The van der Waals surface area contributed by atoms with Gasteiger partial charge < -0.3 is 5.11 Å². The number of hydrogen-bond acceptors (Lipinski definition) is 2. The summed E-state index contributed by atoms with van der Waals surface area (Å²) >= 11 is 9.46. The molecule has 1 aromatic heterocycles. The third-order valence-electron chi connectivity index (χ3n) is 2.86. The first-order chi connectivity index (χ1) is 9.09. The summed E-state index contributed by atoms with van der Waals surface area (Å²) in [7, 11) is 0. The van der Waals surface area contributed by atoms with Crippen LogP contribution >= 0.6 is 27.5 Å². The van der Waals surface area contributed by atoms with E-state index in [0.717, 1.165) is 10.0 Å². The van der Waals surface area contributed by atoms with E-state index in [1.165, 1.54) is 6.20 Å². The maximum Gasteiger partial charge on any atom is 0.311 e. The fourth-order valence-corrected chi connectivity index (χ4v) is 2.58. The summed E-state index contributed by atoms with van der Waals surface area (Å²) in [5.41, 5.74) is 1.52. The van der Waals surface area contributed by atoms with Gasteiger partial charge in [-0.3, -0.25) is 9.78 Å². The Morgan fingerprint density at radius 1 is 1.37 bits per heavy atom. The molecule has 1 aromatic carbocycles. The number of aliphatic carboxylic acids is 1. The monoisotopic (exact) mass is 339 g/mol. The number of benzene rings is 1. The van der Waals surface area contributed by atoms with Crippen LogP contribution in [0, 0.1) is 0 Å². The lowest BCUT2D eigenvalue weighted by atomic mass is 9.93. The van der Waals surface area contributed by atoms with E-state index in [4.69, 9.17) is 11.6 Å². The molecule has 1 heterocycles. The minimum atomic E-state index is -0.899. The third kappa shape index (κ3) is 3.33. The van der Waals surface area contributed by atoms with Gasteiger partial charge in [0.05, 0.1) is 10.9 Å². The zero-order valence-corrected chi connectivity index (χ0v) is 12.2. The molecular weight excluding hydrogens is 330 g/mol. The third-order valence-corrected chi connectivity index (χ3v) is 3.95. The molecule has 0 aliphatic rings. The Morgan fingerprint density at radius 2 is 2.11 bits per heavy atom. The number of aromatic nitrogens is 1. The number of rotatable bonds is 4. The van der Waals surface area contributed by atoms with Gasteiger partial charge in [0, 0.05) is 16.9 Å². The van der Waals surface area contributed by atoms with Gasteiger partial charge in [0.15, 0.2) is 0 Å². The Hall–Kier alpha value is -1.39. The lowest BCUT2D eigenvalue weighted by molar-refractivity contribution is -0.138. The number of pyridine rings is 1. The second kappa shape index (κ2) is 6.17. The molecule has 0 amide bonds. The van der Waals surface area contributed by atoms with Crippen molar-refractivity contribution in [3.8, 4) is 0 Å². The van der Waals surface area contributed by atoms with Gasteiger partial charge in [0.25, 0.3) is 0 Å². The number of halogens is 2. The maximum absolute atomic E-state index is 11.5. The van der Waals surface area contributed by atoms with E-state index in [-0.39, 0.29) is 0 Å². The molecule has 0 aliphatic heterocycles. The summed E-state index contributed by atoms with van der Waals surface area (Å²) in [6, 6.07) is 9.21. The summed E-state index contributed by atoms with van der Waals surface area (Å²) in [5.74, 6) is -1.59. The van der Waals surface area contributed by atoms with Crippen LogP contribution in [0.5, 0.6) is 0 Å². The zero-order chi connectivity index (χ0) is 13.8. The second-order valence-electron chi connectivity index (χ2n) is 4.08. The maximum atomic E-state index is 11.5. The van der Waals surface area contributed by atoms with Crippen molar-refractivity contribution in [2.45, 2.75) is 12.3 Å². The molecule has 0 spiro atoms. The molecule has 2 rings (SSSR count). The highest BCUT2D eigenvalue weighted by Crippen LogP contribution is 2.29. The van der Waals surface area contributed by atoms with Crippen LogP contribution in [-0.2, 0) is 11.2 Å². The average Bonchev–Trinajstić information content (AvgIpc) is 2.38. The first-order valence-corrected chi connectivity index (χ1v) is 6.82. The molecule has 0 saturated carbocycles. The van der Waals surface area contributed by atoms with Crippen molar-refractivity contribution >= 4 is 33.5 Å². The lowest BCUT2D eigenvalue weighted by Crippen LogP contribution is -2.15. The molecule has 0 saturated heterocycles. The van der Waals surface area contributed by atoms with Gasteiger partial charge in [-0.25, -0.2) is 0 Å². The van der Waals surface area contributed by atoms with Crippen molar-refractivity contribution in [2.24, 2.45) is 0 Å². The summed E-state index contributed by atoms with van der Waals surface area (Å²) < 4.78 is 0.895. The predicted molar refractivity (Wildman–Crippen MR) is 77.5 cm³/mol. The van der Waals surface area contributed by atoms with Gasteiger partial charge in [0.2, 0.25) is 0 Å². The molecule has 5 heteroatoms. The van der Waals surface area contributed by atoms with E-state index in [1.54, 1.807) is 12.3 Å². The normalized spacial score (nSPS) is 12.1. The molecular formula is C14H11BrClNO2.